The maximum atomic E-state index is 12.0. The van der Waals surface area contributed by atoms with Crippen molar-refractivity contribution in [2.45, 2.75) is 52.1 Å². The summed E-state index contributed by atoms with van der Waals surface area (Å²) in [5, 5.41) is 12.2. The first-order valence-electron chi connectivity index (χ1n) is 6.45. The maximum absolute atomic E-state index is 12.0. The van der Waals surface area contributed by atoms with E-state index in [-0.39, 0.29) is 18.2 Å². The van der Waals surface area contributed by atoms with Crippen molar-refractivity contribution >= 4 is 5.97 Å². The molecule has 0 aliphatic carbocycles. The molecule has 0 saturated carbocycles. The number of nitrogens with one attached hydrogen (secondary N) is 1. The van der Waals surface area contributed by atoms with Gasteiger partial charge in [0.25, 0.3) is 0 Å². The Kier molecular flexibility index (Phi) is 4.95. The van der Waals surface area contributed by atoms with Crippen LogP contribution in [-0.2, 0) is 9.53 Å². The molecule has 0 bridgehead atoms. The van der Waals surface area contributed by atoms with Gasteiger partial charge in [0, 0.05) is 6.61 Å². The van der Waals surface area contributed by atoms with Gasteiger partial charge in [0.15, 0.2) is 0 Å². The molecule has 4 heteroatoms. The van der Waals surface area contributed by atoms with E-state index < -0.39 is 5.41 Å². The fourth-order valence-electron chi connectivity index (χ4n) is 2.04. The predicted molar refractivity (Wildman–Crippen MR) is 66.7 cm³/mol. The zero-order valence-electron chi connectivity index (χ0n) is 11.2. The molecule has 1 saturated heterocycles. The smallest absolute Gasteiger partial charge is 0.311 e. The number of rotatable bonds is 4. The molecule has 4 nitrogen and oxygen atoms in total. The predicted octanol–water partition coefficient (Wildman–Crippen LogP) is 1.47. The highest BCUT2D eigenvalue weighted by Gasteiger charge is 2.38. The zero-order valence-corrected chi connectivity index (χ0v) is 11.2. The van der Waals surface area contributed by atoms with E-state index in [1.54, 1.807) is 0 Å². The van der Waals surface area contributed by atoms with Crippen LogP contribution in [0.15, 0.2) is 0 Å². The minimum Gasteiger partial charge on any atom is -0.459 e. The number of hydrogen-bond donors (Lipinski definition) is 2. The van der Waals surface area contributed by atoms with Crippen molar-refractivity contribution in [2.24, 2.45) is 5.41 Å². The molecular weight excluding hydrogens is 218 g/mol. The Labute approximate surface area is 104 Å². The van der Waals surface area contributed by atoms with E-state index in [0.29, 0.717) is 6.42 Å². The van der Waals surface area contributed by atoms with E-state index in [4.69, 9.17) is 9.84 Å². The largest absolute Gasteiger partial charge is 0.459 e. The van der Waals surface area contributed by atoms with Crippen LogP contribution in [-0.4, -0.2) is 36.4 Å². The highest BCUT2D eigenvalue weighted by Crippen LogP contribution is 2.31. The lowest BCUT2D eigenvalue weighted by molar-refractivity contribution is -0.173. The Balaban J connectivity index is 2.66. The second kappa shape index (κ2) is 5.83. The number of esters is 1. The molecule has 1 aliphatic rings. The summed E-state index contributed by atoms with van der Waals surface area (Å²) >= 11 is 0. The molecule has 1 aliphatic heterocycles. The topological polar surface area (TPSA) is 58.6 Å². The van der Waals surface area contributed by atoms with E-state index in [0.717, 1.165) is 32.4 Å². The third kappa shape index (κ3) is 4.28. The fraction of sp³-hybridized carbons (Fsp3) is 0.923. The number of carbonyl (C=O) groups is 1. The monoisotopic (exact) mass is 243 g/mol. The number of piperidine rings is 1. The van der Waals surface area contributed by atoms with Crippen molar-refractivity contribution in [3.05, 3.63) is 0 Å². The van der Waals surface area contributed by atoms with Crippen LogP contribution in [0.4, 0.5) is 0 Å². The summed E-state index contributed by atoms with van der Waals surface area (Å²) in [5.41, 5.74) is -0.824. The van der Waals surface area contributed by atoms with Gasteiger partial charge in [-0.15, -0.1) is 0 Å². The molecule has 0 radical (unpaired) electrons. The molecule has 1 heterocycles. The van der Waals surface area contributed by atoms with Crippen molar-refractivity contribution in [3.8, 4) is 0 Å². The van der Waals surface area contributed by atoms with Crippen molar-refractivity contribution < 1.29 is 14.6 Å². The maximum Gasteiger partial charge on any atom is 0.311 e. The van der Waals surface area contributed by atoms with Crippen LogP contribution < -0.4 is 5.32 Å². The average Bonchev–Trinajstić information content (AvgIpc) is 2.26. The molecule has 0 amide bonds. The molecule has 0 aromatic rings. The van der Waals surface area contributed by atoms with Crippen molar-refractivity contribution in [1.29, 1.82) is 0 Å². The normalized spacial score (nSPS) is 20.0. The van der Waals surface area contributed by atoms with Gasteiger partial charge in [0.2, 0.25) is 0 Å². The standard InChI is InChI=1S/C13H25NO3/c1-12(2,3)11(16)17-13(5-4-10-15)6-8-14-9-7-13/h14-15H,4-10H2,1-3H3. The van der Waals surface area contributed by atoms with E-state index in [2.05, 4.69) is 5.32 Å². The second-order valence-corrected chi connectivity index (χ2v) is 5.90. The lowest BCUT2D eigenvalue weighted by Gasteiger charge is -2.39. The van der Waals surface area contributed by atoms with Gasteiger partial charge in [-0.2, -0.15) is 0 Å². The summed E-state index contributed by atoms with van der Waals surface area (Å²) in [4.78, 5) is 12.0. The molecule has 1 rings (SSSR count). The van der Waals surface area contributed by atoms with Gasteiger partial charge < -0.3 is 15.2 Å². The minimum absolute atomic E-state index is 0.141. The van der Waals surface area contributed by atoms with Gasteiger partial charge in [0.1, 0.15) is 5.60 Å². The molecule has 2 N–H and O–H groups in total. The molecule has 1 fully saturated rings. The molecule has 0 unspecified atom stereocenters. The average molecular weight is 243 g/mol. The first-order chi connectivity index (χ1) is 7.90. The number of aliphatic hydroxyl groups excluding tert-OH is 1. The molecule has 0 atom stereocenters. The Morgan fingerprint density at radius 2 is 1.94 bits per heavy atom. The van der Waals surface area contributed by atoms with Gasteiger partial charge in [-0.1, -0.05) is 0 Å². The van der Waals surface area contributed by atoms with Gasteiger partial charge in [-0.25, -0.2) is 0 Å². The van der Waals surface area contributed by atoms with Crippen LogP contribution in [0.2, 0.25) is 0 Å². The first kappa shape index (κ1) is 14.5. The van der Waals surface area contributed by atoms with Gasteiger partial charge in [0.05, 0.1) is 5.41 Å². The van der Waals surface area contributed by atoms with Crippen LogP contribution >= 0.6 is 0 Å². The molecule has 0 aromatic heterocycles. The van der Waals surface area contributed by atoms with Crippen LogP contribution in [0.1, 0.15) is 46.5 Å². The minimum atomic E-state index is -0.461. The third-order valence-corrected chi connectivity index (χ3v) is 3.23. The van der Waals surface area contributed by atoms with E-state index in [9.17, 15) is 4.79 Å². The molecular formula is C13H25NO3. The molecule has 100 valence electrons. The van der Waals surface area contributed by atoms with Crippen molar-refractivity contribution in [3.63, 3.8) is 0 Å². The van der Waals surface area contributed by atoms with Crippen LogP contribution in [0.3, 0.4) is 0 Å². The number of aliphatic hydroxyl groups is 1. The van der Waals surface area contributed by atoms with Gasteiger partial charge in [-0.05, 0) is 59.5 Å². The van der Waals surface area contributed by atoms with Crippen LogP contribution in [0.25, 0.3) is 0 Å². The highest BCUT2D eigenvalue weighted by atomic mass is 16.6. The van der Waals surface area contributed by atoms with Crippen LogP contribution in [0.5, 0.6) is 0 Å². The highest BCUT2D eigenvalue weighted by molar-refractivity contribution is 5.75. The third-order valence-electron chi connectivity index (χ3n) is 3.23. The van der Waals surface area contributed by atoms with Crippen LogP contribution in [0, 0.1) is 5.41 Å². The zero-order chi connectivity index (χ0) is 12.9. The molecule has 17 heavy (non-hydrogen) atoms. The quantitative estimate of drug-likeness (QED) is 0.734. The summed E-state index contributed by atoms with van der Waals surface area (Å²) in [6.45, 7) is 7.52. The number of carbonyl (C=O) groups excluding carboxylic acids is 1. The number of ether oxygens (including phenoxy) is 1. The summed E-state index contributed by atoms with van der Waals surface area (Å²) in [7, 11) is 0. The summed E-state index contributed by atoms with van der Waals surface area (Å²) in [6.07, 6.45) is 3.13. The molecule has 0 aromatic carbocycles. The summed E-state index contributed by atoms with van der Waals surface area (Å²) in [5.74, 6) is -0.141. The lowest BCUT2D eigenvalue weighted by Crippen LogP contribution is -2.47. The SMILES string of the molecule is CC(C)(C)C(=O)OC1(CCCO)CCNCC1. The van der Waals surface area contributed by atoms with E-state index in [1.165, 1.54) is 0 Å². The Bertz CT molecular complexity index is 252. The van der Waals surface area contributed by atoms with Gasteiger partial charge in [-0.3, -0.25) is 4.79 Å². The summed E-state index contributed by atoms with van der Waals surface area (Å²) < 4.78 is 5.76. The van der Waals surface area contributed by atoms with Gasteiger partial charge >= 0.3 is 5.97 Å². The Hall–Kier alpha value is -0.610. The van der Waals surface area contributed by atoms with E-state index >= 15 is 0 Å². The summed E-state index contributed by atoms with van der Waals surface area (Å²) in [6, 6.07) is 0. The number of hydrogen-bond acceptors (Lipinski definition) is 4. The second-order valence-electron chi connectivity index (χ2n) is 5.90. The van der Waals surface area contributed by atoms with E-state index in [1.807, 2.05) is 20.8 Å². The Morgan fingerprint density at radius 1 is 1.35 bits per heavy atom. The Morgan fingerprint density at radius 3 is 2.41 bits per heavy atom. The van der Waals surface area contributed by atoms with Crippen molar-refractivity contribution in [2.75, 3.05) is 19.7 Å². The first-order valence-corrected chi connectivity index (χ1v) is 6.45. The lowest BCUT2D eigenvalue weighted by atomic mass is 9.86. The fourth-order valence-corrected chi connectivity index (χ4v) is 2.04. The molecule has 0 spiro atoms. The van der Waals surface area contributed by atoms with Crippen molar-refractivity contribution in [1.82, 2.24) is 5.32 Å².